The monoisotopic (exact) mass is 482 g/mol. The molecule has 5 rings (SSSR count). The molecule has 5 heteroatoms. The van der Waals surface area contributed by atoms with Crippen LogP contribution in [-0.2, 0) is 19.6 Å². The summed E-state index contributed by atoms with van der Waals surface area (Å²) < 4.78 is 0. The third-order valence-corrected chi connectivity index (χ3v) is 7.73. The number of nitrogens with zero attached hydrogens (tertiary/aromatic N) is 4. The molecule has 0 amide bonds. The highest BCUT2D eigenvalue weighted by atomic mass is 16.1. The molecule has 2 saturated heterocycles. The lowest BCUT2D eigenvalue weighted by atomic mass is 9.89. The Hall–Kier alpha value is -2.86. The number of piperidine rings is 1. The Morgan fingerprint density at radius 1 is 0.639 bits per heavy atom. The van der Waals surface area contributed by atoms with Crippen molar-refractivity contribution in [2.75, 3.05) is 39.3 Å². The predicted molar refractivity (Wildman–Crippen MR) is 145 cm³/mol. The Labute approximate surface area is 215 Å². The standard InChI is InChI=1S/C31H38N4O/c36-31(22-26-12-16-33(17-13-26)25-29-10-14-32-15-11-29)30-8-6-28(7-9-30)24-35-20-18-34(19-21-35)23-27-4-2-1-3-5-27/h1-11,14-15,26H,12-13,16-25H2. The maximum atomic E-state index is 12.9. The SMILES string of the molecule is O=C(CC1CCN(Cc2ccncc2)CC1)c1ccc(CN2CCN(Cc3ccccc3)CC2)cc1. The van der Waals surface area contributed by atoms with E-state index in [4.69, 9.17) is 0 Å². The first-order chi connectivity index (χ1) is 17.7. The number of benzene rings is 2. The number of piperazine rings is 1. The van der Waals surface area contributed by atoms with Gasteiger partial charge in [0.15, 0.2) is 5.78 Å². The van der Waals surface area contributed by atoms with E-state index in [1.54, 1.807) is 0 Å². The third-order valence-electron chi connectivity index (χ3n) is 7.73. The summed E-state index contributed by atoms with van der Waals surface area (Å²) in [6, 6.07) is 23.3. The molecular formula is C31H38N4O. The van der Waals surface area contributed by atoms with Crippen LogP contribution < -0.4 is 0 Å². The van der Waals surface area contributed by atoms with E-state index in [1.807, 2.05) is 24.5 Å². The maximum absolute atomic E-state index is 12.9. The molecule has 2 fully saturated rings. The zero-order valence-corrected chi connectivity index (χ0v) is 21.3. The molecule has 3 heterocycles. The lowest BCUT2D eigenvalue weighted by molar-refractivity contribution is 0.0925. The summed E-state index contributed by atoms with van der Waals surface area (Å²) >= 11 is 0. The van der Waals surface area contributed by atoms with Crippen molar-refractivity contribution in [2.45, 2.75) is 38.9 Å². The Bertz CT molecular complexity index is 1070. The number of carbonyl (C=O) groups excluding carboxylic acids is 1. The van der Waals surface area contributed by atoms with Gasteiger partial charge in [0.2, 0.25) is 0 Å². The molecule has 5 nitrogen and oxygen atoms in total. The smallest absolute Gasteiger partial charge is 0.163 e. The van der Waals surface area contributed by atoms with Gasteiger partial charge in [-0.25, -0.2) is 0 Å². The first-order valence-electron chi connectivity index (χ1n) is 13.4. The summed E-state index contributed by atoms with van der Waals surface area (Å²) in [5.41, 5.74) is 4.87. The van der Waals surface area contributed by atoms with Gasteiger partial charge in [0.1, 0.15) is 0 Å². The number of hydrogen-bond donors (Lipinski definition) is 0. The van der Waals surface area contributed by atoms with E-state index in [0.29, 0.717) is 18.1 Å². The van der Waals surface area contributed by atoms with Gasteiger partial charge < -0.3 is 0 Å². The van der Waals surface area contributed by atoms with Gasteiger partial charge in [0.05, 0.1) is 0 Å². The lowest BCUT2D eigenvalue weighted by Crippen LogP contribution is -2.45. The average molecular weight is 483 g/mol. The molecule has 0 spiro atoms. The molecule has 0 bridgehead atoms. The van der Waals surface area contributed by atoms with E-state index in [1.165, 1.54) is 16.7 Å². The van der Waals surface area contributed by atoms with Crippen LogP contribution >= 0.6 is 0 Å². The van der Waals surface area contributed by atoms with Crippen molar-refractivity contribution in [3.8, 4) is 0 Å². The Morgan fingerprint density at radius 3 is 1.72 bits per heavy atom. The van der Waals surface area contributed by atoms with Gasteiger partial charge in [0, 0.05) is 70.2 Å². The molecule has 0 aliphatic carbocycles. The van der Waals surface area contributed by atoms with E-state index in [9.17, 15) is 4.79 Å². The van der Waals surface area contributed by atoms with Crippen molar-refractivity contribution in [1.82, 2.24) is 19.7 Å². The van der Waals surface area contributed by atoms with Crippen LogP contribution in [0.1, 0.15) is 46.3 Å². The fraction of sp³-hybridized carbons (Fsp3) is 0.419. The summed E-state index contributed by atoms with van der Waals surface area (Å²) in [4.78, 5) is 24.6. The normalized spacial score (nSPS) is 18.3. The molecule has 36 heavy (non-hydrogen) atoms. The van der Waals surface area contributed by atoms with Crippen molar-refractivity contribution in [1.29, 1.82) is 0 Å². The quantitative estimate of drug-likeness (QED) is 0.407. The Kier molecular flexibility index (Phi) is 8.55. The van der Waals surface area contributed by atoms with Gasteiger partial charge in [-0.05, 0) is 60.7 Å². The molecule has 3 aromatic rings. The van der Waals surface area contributed by atoms with Gasteiger partial charge in [0.25, 0.3) is 0 Å². The second-order valence-corrected chi connectivity index (χ2v) is 10.4. The minimum atomic E-state index is 0.295. The molecule has 2 aromatic carbocycles. The number of aromatic nitrogens is 1. The molecule has 0 unspecified atom stereocenters. The van der Waals surface area contributed by atoms with Crippen molar-refractivity contribution >= 4 is 5.78 Å². The molecule has 0 atom stereocenters. The molecule has 0 N–H and O–H groups in total. The van der Waals surface area contributed by atoms with E-state index in [2.05, 4.69) is 74.3 Å². The minimum Gasteiger partial charge on any atom is -0.299 e. The van der Waals surface area contributed by atoms with E-state index >= 15 is 0 Å². The van der Waals surface area contributed by atoms with Crippen molar-refractivity contribution in [3.63, 3.8) is 0 Å². The van der Waals surface area contributed by atoms with Gasteiger partial charge in [-0.2, -0.15) is 0 Å². The fourth-order valence-electron chi connectivity index (χ4n) is 5.48. The zero-order valence-electron chi connectivity index (χ0n) is 21.3. The topological polar surface area (TPSA) is 39.7 Å². The van der Waals surface area contributed by atoms with Crippen LogP contribution in [0.15, 0.2) is 79.1 Å². The second-order valence-electron chi connectivity index (χ2n) is 10.4. The summed E-state index contributed by atoms with van der Waals surface area (Å²) in [6.45, 7) is 9.50. The van der Waals surface area contributed by atoms with E-state index in [-0.39, 0.29) is 0 Å². The van der Waals surface area contributed by atoms with Crippen molar-refractivity contribution < 1.29 is 4.79 Å². The molecular weight excluding hydrogens is 444 g/mol. The van der Waals surface area contributed by atoms with E-state index < -0.39 is 0 Å². The van der Waals surface area contributed by atoms with E-state index in [0.717, 1.165) is 77.3 Å². The highest BCUT2D eigenvalue weighted by molar-refractivity contribution is 5.96. The zero-order chi connectivity index (χ0) is 24.6. The third kappa shape index (κ3) is 7.10. The van der Waals surface area contributed by atoms with Crippen LogP contribution in [0.25, 0.3) is 0 Å². The number of carbonyl (C=O) groups is 1. The predicted octanol–water partition coefficient (Wildman–Crippen LogP) is 4.88. The number of hydrogen-bond acceptors (Lipinski definition) is 5. The van der Waals surface area contributed by atoms with Crippen LogP contribution in [-0.4, -0.2) is 64.7 Å². The summed E-state index contributed by atoms with van der Waals surface area (Å²) in [5, 5.41) is 0. The first kappa shape index (κ1) is 24.8. The molecule has 2 aliphatic rings. The molecule has 2 aliphatic heterocycles. The molecule has 0 saturated carbocycles. The van der Waals surface area contributed by atoms with Crippen LogP contribution in [0.5, 0.6) is 0 Å². The Balaban J connectivity index is 1.03. The van der Waals surface area contributed by atoms with Gasteiger partial charge in [-0.15, -0.1) is 0 Å². The maximum Gasteiger partial charge on any atom is 0.163 e. The van der Waals surface area contributed by atoms with Crippen molar-refractivity contribution in [3.05, 3.63) is 101 Å². The van der Waals surface area contributed by atoms with Crippen LogP contribution in [0, 0.1) is 5.92 Å². The highest BCUT2D eigenvalue weighted by Gasteiger charge is 2.22. The highest BCUT2D eigenvalue weighted by Crippen LogP contribution is 2.24. The average Bonchev–Trinajstić information content (AvgIpc) is 2.92. The molecule has 188 valence electrons. The lowest BCUT2D eigenvalue weighted by Gasteiger charge is -2.34. The fourth-order valence-corrected chi connectivity index (χ4v) is 5.48. The minimum absolute atomic E-state index is 0.295. The largest absolute Gasteiger partial charge is 0.299 e. The number of Topliss-reactive ketones (excluding diaryl/α,β-unsaturated/α-hetero) is 1. The van der Waals surface area contributed by atoms with Gasteiger partial charge in [-0.3, -0.25) is 24.5 Å². The summed E-state index contributed by atoms with van der Waals surface area (Å²) in [7, 11) is 0. The van der Waals surface area contributed by atoms with Gasteiger partial charge in [-0.1, -0.05) is 54.6 Å². The second kappa shape index (κ2) is 12.4. The van der Waals surface area contributed by atoms with Crippen molar-refractivity contribution in [2.24, 2.45) is 5.92 Å². The van der Waals surface area contributed by atoms with Crippen LogP contribution in [0.2, 0.25) is 0 Å². The number of likely N-dealkylation sites (tertiary alicyclic amines) is 1. The summed E-state index contributed by atoms with van der Waals surface area (Å²) in [5.74, 6) is 0.793. The summed E-state index contributed by atoms with van der Waals surface area (Å²) in [6.07, 6.45) is 6.60. The first-order valence-corrected chi connectivity index (χ1v) is 13.4. The number of rotatable bonds is 9. The number of pyridine rings is 1. The molecule has 1 aromatic heterocycles. The molecule has 0 radical (unpaired) electrons. The van der Waals surface area contributed by atoms with Crippen LogP contribution in [0.4, 0.5) is 0 Å². The van der Waals surface area contributed by atoms with Crippen LogP contribution in [0.3, 0.4) is 0 Å². The Morgan fingerprint density at radius 2 is 1.14 bits per heavy atom. The number of ketones is 1. The van der Waals surface area contributed by atoms with Gasteiger partial charge >= 0.3 is 0 Å².